The van der Waals surface area contributed by atoms with E-state index >= 15 is 0 Å². The molecule has 2 atom stereocenters. The molecule has 2 unspecified atom stereocenters. The van der Waals surface area contributed by atoms with Crippen LogP contribution in [-0.4, -0.2) is 65.0 Å². The predicted molar refractivity (Wildman–Crippen MR) is 124 cm³/mol. The number of hydrogen-bond acceptors (Lipinski definition) is 5. The third-order valence-electron chi connectivity index (χ3n) is 7.41. The highest BCUT2D eigenvalue weighted by molar-refractivity contribution is 6.07. The molecule has 36 heavy (non-hydrogen) atoms. The first-order valence-corrected chi connectivity index (χ1v) is 12.3. The zero-order valence-electron chi connectivity index (χ0n) is 19.8. The summed E-state index contributed by atoms with van der Waals surface area (Å²) in [6, 6.07) is 8.26. The highest BCUT2D eigenvalue weighted by Gasteiger charge is 2.58. The SMILES string of the molecule is O=C(Cc1ccc(F)c(F)c1)N1CCC(C2(c3ccccn3)NC(=O)N(CC3CCCO3)C2=O)CC1. The molecule has 0 aliphatic carbocycles. The summed E-state index contributed by atoms with van der Waals surface area (Å²) in [7, 11) is 0. The van der Waals surface area contributed by atoms with E-state index in [0.29, 0.717) is 43.8 Å². The van der Waals surface area contributed by atoms with E-state index in [4.69, 9.17) is 4.74 Å². The predicted octanol–water partition coefficient (Wildman–Crippen LogP) is 2.77. The van der Waals surface area contributed by atoms with E-state index in [1.54, 1.807) is 29.3 Å². The molecule has 3 aliphatic rings. The van der Waals surface area contributed by atoms with Gasteiger partial charge in [0, 0.05) is 31.8 Å². The van der Waals surface area contributed by atoms with Crippen molar-refractivity contribution in [3.8, 4) is 0 Å². The maximum atomic E-state index is 13.8. The lowest BCUT2D eigenvalue weighted by Crippen LogP contribution is -2.55. The zero-order valence-corrected chi connectivity index (χ0v) is 19.8. The van der Waals surface area contributed by atoms with Gasteiger partial charge >= 0.3 is 6.03 Å². The standard InChI is InChI=1S/C26H28F2N4O4/c27-20-7-6-17(14-21(20)28)15-23(33)31-11-8-18(9-12-31)26(22-5-1-2-10-29-22)24(34)32(25(35)30-26)16-19-4-3-13-36-19/h1-2,5-7,10,14,18-19H,3-4,8-9,11-13,15-16H2,(H,30,35). The molecule has 1 aromatic heterocycles. The number of nitrogens with one attached hydrogen (secondary N) is 1. The van der Waals surface area contributed by atoms with Crippen molar-refractivity contribution < 1.29 is 27.9 Å². The fourth-order valence-corrected chi connectivity index (χ4v) is 5.51. The van der Waals surface area contributed by atoms with Gasteiger partial charge in [0.2, 0.25) is 5.91 Å². The average molecular weight is 499 g/mol. The molecule has 3 aliphatic heterocycles. The summed E-state index contributed by atoms with van der Waals surface area (Å²) in [5.74, 6) is -2.75. The van der Waals surface area contributed by atoms with Gasteiger partial charge in [-0.15, -0.1) is 0 Å². The molecule has 0 radical (unpaired) electrons. The number of urea groups is 1. The monoisotopic (exact) mass is 498 g/mol. The number of ether oxygens (including phenoxy) is 1. The Kier molecular flexibility index (Phi) is 6.70. The van der Waals surface area contributed by atoms with Crippen molar-refractivity contribution in [3.05, 3.63) is 65.5 Å². The van der Waals surface area contributed by atoms with E-state index in [0.717, 1.165) is 25.0 Å². The molecule has 1 aromatic carbocycles. The van der Waals surface area contributed by atoms with Crippen molar-refractivity contribution in [1.82, 2.24) is 20.1 Å². The number of aromatic nitrogens is 1. The van der Waals surface area contributed by atoms with Gasteiger partial charge < -0.3 is 15.0 Å². The molecule has 3 saturated heterocycles. The van der Waals surface area contributed by atoms with Crippen molar-refractivity contribution in [2.24, 2.45) is 5.92 Å². The zero-order chi connectivity index (χ0) is 25.3. The Morgan fingerprint density at radius 3 is 2.58 bits per heavy atom. The van der Waals surface area contributed by atoms with Crippen LogP contribution in [-0.2, 0) is 26.3 Å². The first-order valence-electron chi connectivity index (χ1n) is 12.3. The van der Waals surface area contributed by atoms with Crippen molar-refractivity contribution in [2.45, 2.75) is 43.7 Å². The molecule has 190 valence electrons. The maximum absolute atomic E-state index is 13.8. The molecule has 2 aromatic rings. The molecule has 8 nitrogen and oxygen atoms in total. The average Bonchev–Trinajstić information content (AvgIpc) is 3.50. The first kappa shape index (κ1) is 24.3. The number of pyridine rings is 1. The maximum Gasteiger partial charge on any atom is 0.325 e. The number of imide groups is 1. The molecule has 4 heterocycles. The molecule has 0 bridgehead atoms. The van der Waals surface area contributed by atoms with Crippen LogP contribution in [0.25, 0.3) is 0 Å². The smallest absolute Gasteiger partial charge is 0.325 e. The number of piperidine rings is 1. The highest BCUT2D eigenvalue weighted by atomic mass is 19.2. The van der Waals surface area contributed by atoms with E-state index in [-0.39, 0.29) is 36.8 Å². The molecule has 3 fully saturated rings. The molecule has 0 saturated carbocycles. The number of hydrogen-bond donors (Lipinski definition) is 1. The van der Waals surface area contributed by atoms with Gasteiger partial charge in [0.1, 0.15) is 0 Å². The van der Waals surface area contributed by atoms with E-state index in [2.05, 4.69) is 10.3 Å². The number of rotatable bonds is 6. The molecule has 10 heteroatoms. The number of halogens is 2. The topological polar surface area (TPSA) is 91.8 Å². The molecular formula is C26H28F2N4O4. The van der Waals surface area contributed by atoms with Gasteiger partial charge in [0.15, 0.2) is 17.2 Å². The van der Waals surface area contributed by atoms with Gasteiger partial charge in [-0.05, 0) is 55.5 Å². The lowest BCUT2D eigenvalue weighted by atomic mass is 9.75. The second-order valence-corrected chi connectivity index (χ2v) is 9.58. The normalized spacial score (nSPS) is 24.9. The lowest BCUT2D eigenvalue weighted by molar-refractivity contribution is -0.137. The fourth-order valence-electron chi connectivity index (χ4n) is 5.51. The summed E-state index contributed by atoms with van der Waals surface area (Å²) in [5.41, 5.74) is -0.439. The van der Waals surface area contributed by atoms with Gasteiger partial charge in [0.25, 0.3) is 5.91 Å². The number of nitrogens with zero attached hydrogens (tertiary/aromatic N) is 3. The van der Waals surface area contributed by atoms with Crippen LogP contribution in [0.2, 0.25) is 0 Å². The Hall–Kier alpha value is -3.40. The van der Waals surface area contributed by atoms with E-state index in [9.17, 15) is 23.2 Å². The van der Waals surface area contributed by atoms with Gasteiger partial charge in [-0.3, -0.25) is 19.5 Å². The first-order chi connectivity index (χ1) is 17.4. The Bertz CT molecular complexity index is 1150. The number of carbonyl (C=O) groups excluding carboxylic acids is 3. The van der Waals surface area contributed by atoms with Crippen LogP contribution in [0.15, 0.2) is 42.6 Å². The third kappa shape index (κ3) is 4.45. The molecular weight excluding hydrogens is 470 g/mol. The van der Waals surface area contributed by atoms with E-state index < -0.39 is 23.2 Å². The van der Waals surface area contributed by atoms with Crippen LogP contribution >= 0.6 is 0 Å². The minimum Gasteiger partial charge on any atom is -0.376 e. The van der Waals surface area contributed by atoms with Gasteiger partial charge in [0.05, 0.1) is 24.8 Å². The minimum atomic E-state index is -1.31. The second-order valence-electron chi connectivity index (χ2n) is 9.58. The van der Waals surface area contributed by atoms with E-state index in [1.807, 2.05) is 0 Å². The number of amides is 4. The molecule has 0 spiro atoms. The Morgan fingerprint density at radius 2 is 1.92 bits per heavy atom. The summed E-state index contributed by atoms with van der Waals surface area (Å²) >= 11 is 0. The van der Waals surface area contributed by atoms with Crippen molar-refractivity contribution in [2.75, 3.05) is 26.2 Å². The van der Waals surface area contributed by atoms with Crippen LogP contribution < -0.4 is 5.32 Å². The van der Waals surface area contributed by atoms with Gasteiger partial charge in [-0.25, -0.2) is 13.6 Å². The Balaban J connectivity index is 1.32. The Morgan fingerprint density at radius 1 is 1.11 bits per heavy atom. The van der Waals surface area contributed by atoms with Gasteiger partial charge in [-0.1, -0.05) is 12.1 Å². The molecule has 4 amide bonds. The largest absolute Gasteiger partial charge is 0.376 e. The fraction of sp³-hybridized carbons (Fsp3) is 0.462. The van der Waals surface area contributed by atoms with Gasteiger partial charge in [-0.2, -0.15) is 0 Å². The van der Waals surface area contributed by atoms with E-state index in [1.165, 1.54) is 11.0 Å². The third-order valence-corrected chi connectivity index (χ3v) is 7.41. The molecule has 1 N–H and O–H groups in total. The molecule has 5 rings (SSSR count). The van der Waals surface area contributed by atoms with Crippen LogP contribution in [0.5, 0.6) is 0 Å². The number of benzene rings is 1. The summed E-state index contributed by atoms with van der Waals surface area (Å²) in [6.07, 6.45) is 4.02. The highest BCUT2D eigenvalue weighted by Crippen LogP contribution is 2.41. The summed E-state index contributed by atoms with van der Waals surface area (Å²) in [5, 5.41) is 2.96. The second kappa shape index (κ2) is 9.93. The van der Waals surface area contributed by atoms with Crippen LogP contribution in [0.1, 0.15) is 36.9 Å². The quantitative estimate of drug-likeness (QED) is 0.619. The van der Waals surface area contributed by atoms with Crippen LogP contribution in [0, 0.1) is 17.6 Å². The number of carbonyl (C=O) groups is 3. The number of likely N-dealkylation sites (tertiary alicyclic amines) is 1. The van der Waals surface area contributed by atoms with Crippen molar-refractivity contribution >= 4 is 17.8 Å². The summed E-state index contributed by atoms with van der Waals surface area (Å²) in [4.78, 5) is 47.1. The van der Waals surface area contributed by atoms with Crippen molar-refractivity contribution in [3.63, 3.8) is 0 Å². The van der Waals surface area contributed by atoms with Crippen molar-refractivity contribution in [1.29, 1.82) is 0 Å². The Labute approximate surface area is 207 Å². The summed E-state index contributed by atoms with van der Waals surface area (Å²) in [6.45, 7) is 1.56. The minimum absolute atomic E-state index is 0.0436. The summed E-state index contributed by atoms with van der Waals surface area (Å²) < 4.78 is 32.4. The van der Waals surface area contributed by atoms with Crippen LogP contribution in [0.4, 0.5) is 13.6 Å². The van der Waals surface area contributed by atoms with Crippen LogP contribution in [0.3, 0.4) is 0 Å². The lowest BCUT2D eigenvalue weighted by Gasteiger charge is -2.40.